The summed E-state index contributed by atoms with van der Waals surface area (Å²) in [5, 5.41) is 0. The summed E-state index contributed by atoms with van der Waals surface area (Å²) < 4.78 is 4.96. The smallest absolute Gasteiger partial charge is 0.251 e. The number of rotatable bonds is 5. The number of ether oxygens (including phenoxy) is 1. The molecule has 0 radical (unpaired) electrons. The summed E-state index contributed by atoms with van der Waals surface area (Å²) in [5.74, 6) is 0.612. The van der Waals surface area contributed by atoms with Gasteiger partial charge in [-0.15, -0.1) is 0 Å². The first-order chi connectivity index (χ1) is 6.02. The summed E-state index contributed by atoms with van der Waals surface area (Å²) in [6, 6.07) is 0. The second-order valence-corrected chi connectivity index (χ2v) is 3.61. The molecular weight excluding hydrogens is 166 g/mol. The maximum absolute atomic E-state index is 11.5. The molecular formula is C10H21NO2. The quantitative estimate of drug-likeness (QED) is 0.653. The van der Waals surface area contributed by atoms with Gasteiger partial charge < -0.3 is 9.64 Å². The van der Waals surface area contributed by atoms with Gasteiger partial charge >= 0.3 is 0 Å². The van der Waals surface area contributed by atoms with E-state index in [0.717, 1.165) is 13.0 Å². The maximum atomic E-state index is 11.5. The van der Waals surface area contributed by atoms with Crippen molar-refractivity contribution in [3.05, 3.63) is 0 Å². The zero-order valence-electron chi connectivity index (χ0n) is 9.33. The minimum absolute atomic E-state index is 0.0581. The van der Waals surface area contributed by atoms with Crippen LogP contribution < -0.4 is 0 Å². The monoisotopic (exact) mass is 187 g/mol. The van der Waals surface area contributed by atoms with Gasteiger partial charge in [-0.3, -0.25) is 4.79 Å². The van der Waals surface area contributed by atoms with Crippen LogP contribution in [0.5, 0.6) is 0 Å². The highest BCUT2D eigenvalue weighted by Gasteiger charge is 2.17. The third kappa shape index (κ3) is 4.27. The standard InChI is InChI=1S/C10H21NO2/c1-6-8(2)7-11(4)10(12)9(3)13-5/h8-9H,6-7H2,1-5H3. The molecule has 0 aliphatic carbocycles. The summed E-state index contributed by atoms with van der Waals surface area (Å²) in [7, 11) is 3.38. The van der Waals surface area contributed by atoms with Crippen LogP contribution in [-0.2, 0) is 9.53 Å². The van der Waals surface area contributed by atoms with E-state index in [2.05, 4.69) is 13.8 Å². The first kappa shape index (κ1) is 12.4. The molecule has 0 aromatic rings. The zero-order valence-corrected chi connectivity index (χ0v) is 9.33. The highest BCUT2D eigenvalue weighted by atomic mass is 16.5. The average Bonchev–Trinajstić information content (AvgIpc) is 2.14. The van der Waals surface area contributed by atoms with Gasteiger partial charge in [0.05, 0.1) is 0 Å². The van der Waals surface area contributed by atoms with Crippen LogP contribution >= 0.6 is 0 Å². The molecule has 0 saturated carbocycles. The Hall–Kier alpha value is -0.570. The fourth-order valence-corrected chi connectivity index (χ4v) is 1.10. The molecule has 2 atom stereocenters. The Morgan fingerprint density at radius 2 is 2.00 bits per heavy atom. The minimum Gasteiger partial charge on any atom is -0.372 e. The number of carbonyl (C=O) groups excluding carboxylic acids is 1. The molecule has 0 saturated heterocycles. The van der Waals surface area contributed by atoms with Crippen molar-refractivity contribution in [2.24, 2.45) is 5.92 Å². The van der Waals surface area contributed by atoms with Crippen molar-refractivity contribution in [3.8, 4) is 0 Å². The SMILES string of the molecule is CCC(C)CN(C)C(=O)C(C)OC. The topological polar surface area (TPSA) is 29.5 Å². The molecule has 2 unspecified atom stereocenters. The van der Waals surface area contributed by atoms with Gasteiger partial charge in [0.2, 0.25) is 0 Å². The lowest BCUT2D eigenvalue weighted by molar-refractivity contribution is -0.140. The Balaban J connectivity index is 3.95. The van der Waals surface area contributed by atoms with Gasteiger partial charge in [0.1, 0.15) is 6.10 Å². The first-order valence-corrected chi connectivity index (χ1v) is 4.80. The molecule has 0 fully saturated rings. The fourth-order valence-electron chi connectivity index (χ4n) is 1.10. The van der Waals surface area contributed by atoms with Crippen LogP contribution in [0, 0.1) is 5.92 Å². The molecule has 3 heteroatoms. The predicted molar refractivity (Wildman–Crippen MR) is 53.6 cm³/mol. The molecule has 0 aliphatic heterocycles. The Labute approximate surface area is 81.1 Å². The second kappa shape index (κ2) is 5.97. The number of hydrogen-bond donors (Lipinski definition) is 0. The second-order valence-electron chi connectivity index (χ2n) is 3.61. The van der Waals surface area contributed by atoms with Crippen molar-refractivity contribution >= 4 is 5.91 Å². The van der Waals surface area contributed by atoms with Gasteiger partial charge in [-0.05, 0) is 12.8 Å². The van der Waals surface area contributed by atoms with E-state index < -0.39 is 0 Å². The molecule has 0 bridgehead atoms. The third-order valence-electron chi connectivity index (χ3n) is 2.36. The van der Waals surface area contributed by atoms with E-state index in [0.29, 0.717) is 5.92 Å². The van der Waals surface area contributed by atoms with Crippen molar-refractivity contribution in [1.82, 2.24) is 4.90 Å². The number of nitrogens with zero attached hydrogens (tertiary/aromatic N) is 1. The fraction of sp³-hybridized carbons (Fsp3) is 0.900. The molecule has 0 aromatic heterocycles. The number of likely N-dealkylation sites (N-methyl/N-ethyl adjacent to an activating group) is 1. The number of methoxy groups -OCH3 is 1. The summed E-state index contributed by atoms with van der Waals surface area (Å²) >= 11 is 0. The molecule has 0 spiro atoms. The lowest BCUT2D eigenvalue weighted by atomic mass is 10.1. The number of amides is 1. The molecule has 13 heavy (non-hydrogen) atoms. The lowest BCUT2D eigenvalue weighted by Crippen LogP contribution is -2.38. The van der Waals surface area contributed by atoms with E-state index in [-0.39, 0.29) is 12.0 Å². The van der Waals surface area contributed by atoms with Gasteiger partial charge in [0.25, 0.3) is 5.91 Å². The van der Waals surface area contributed by atoms with Crippen molar-refractivity contribution in [2.75, 3.05) is 20.7 Å². The van der Waals surface area contributed by atoms with E-state index in [9.17, 15) is 4.79 Å². The molecule has 0 aliphatic rings. The van der Waals surface area contributed by atoms with Crippen LogP contribution in [0.15, 0.2) is 0 Å². The molecule has 1 amide bonds. The van der Waals surface area contributed by atoms with Gasteiger partial charge in [0.15, 0.2) is 0 Å². The van der Waals surface area contributed by atoms with Crippen LogP contribution in [0.4, 0.5) is 0 Å². The van der Waals surface area contributed by atoms with E-state index >= 15 is 0 Å². The summed E-state index contributed by atoms with van der Waals surface area (Å²) in [4.78, 5) is 13.3. The van der Waals surface area contributed by atoms with Gasteiger partial charge in [-0.1, -0.05) is 20.3 Å². The highest BCUT2D eigenvalue weighted by molar-refractivity contribution is 5.80. The van der Waals surface area contributed by atoms with Crippen molar-refractivity contribution in [2.45, 2.75) is 33.3 Å². The van der Waals surface area contributed by atoms with Crippen LogP contribution in [0.25, 0.3) is 0 Å². The lowest BCUT2D eigenvalue weighted by Gasteiger charge is -2.23. The van der Waals surface area contributed by atoms with E-state index in [4.69, 9.17) is 4.74 Å². The molecule has 78 valence electrons. The average molecular weight is 187 g/mol. The first-order valence-electron chi connectivity index (χ1n) is 4.80. The number of carbonyl (C=O) groups is 1. The third-order valence-corrected chi connectivity index (χ3v) is 2.36. The van der Waals surface area contributed by atoms with Crippen LogP contribution in [-0.4, -0.2) is 37.6 Å². The molecule has 0 aromatic carbocycles. The van der Waals surface area contributed by atoms with Gasteiger partial charge in [-0.25, -0.2) is 0 Å². The van der Waals surface area contributed by atoms with Gasteiger partial charge in [0, 0.05) is 20.7 Å². The van der Waals surface area contributed by atoms with Crippen molar-refractivity contribution in [1.29, 1.82) is 0 Å². The molecule has 0 N–H and O–H groups in total. The summed E-state index contributed by atoms with van der Waals surface area (Å²) in [6.45, 7) is 6.85. The Kier molecular flexibility index (Phi) is 5.71. The van der Waals surface area contributed by atoms with E-state index in [1.165, 1.54) is 0 Å². The Morgan fingerprint density at radius 3 is 2.38 bits per heavy atom. The van der Waals surface area contributed by atoms with E-state index in [1.807, 2.05) is 7.05 Å². The minimum atomic E-state index is -0.325. The highest BCUT2D eigenvalue weighted by Crippen LogP contribution is 2.04. The molecule has 0 heterocycles. The summed E-state index contributed by atoms with van der Waals surface area (Å²) in [6.07, 6.45) is 0.771. The Morgan fingerprint density at radius 1 is 1.46 bits per heavy atom. The van der Waals surface area contributed by atoms with Crippen LogP contribution in [0.1, 0.15) is 27.2 Å². The largest absolute Gasteiger partial charge is 0.372 e. The maximum Gasteiger partial charge on any atom is 0.251 e. The summed E-state index contributed by atoms with van der Waals surface area (Å²) in [5.41, 5.74) is 0. The predicted octanol–water partition coefficient (Wildman–Crippen LogP) is 1.53. The number of hydrogen-bond acceptors (Lipinski definition) is 2. The molecule has 0 rings (SSSR count). The van der Waals surface area contributed by atoms with Gasteiger partial charge in [-0.2, -0.15) is 0 Å². The Bertz CT molecular complexity index is 159. The van der Waals surface area contributed by atoms with Crippen molar-refractivity contribution in [3.63, 3.8) is 0 Å². The van der Waals surface area contributed by atoms with Crippen molar-refractivity contribution < 1.29 is 9.53 Å². The zero-order chi connectivity index (χ0) is 10.4. The van der Waals surface area contributed by atoms with Crippen LogP contribution in [0.2, 0.25) is 0 Å². The molecule has 3 nitrogen and oxygen atoms in total. The normalized spacial score (nSPS) is 15.2. The van der Waals surface area contributed by atoms with E-state index in [1.54, 1.807) is 18.9 Å². The van der Waals surface area contributed by atoms with Crippen LogP contribution in [0.3, 0.4) is 0 Å².